The maximum atomic E-state index is 12.3. The van der Waals surface area contributed by atoms with Crippen LogP contribution in [0.15, 0.2) is 0 Å². The molecule has 6 rings (SSSR count). The van der Waals surface area contributed by atoms with Crippen molar-refractivity contribution in [1.29, 1.82) is 0 Å². The van der Waals surface area contributed by atoms with E-state index < -0.39 is 0 Å². The molecule has 2 nitrogen and oxygen atoms in total. The lowest BCUT2D eigenvalue weighted by Gasteiger charge is -2.58. The van der Waals surface area contributed by atoms with E-state index in [0.717, 1.165) is 35.5 Å². The van der Waals surface area contributed by atoms with Crippen LogP contribution < -0.4 is 0 Å². The normalized spacial score (nSPS) is 40.3. The van der Waals surface area contributed by atoms with E-state index >= 15 is 0 Å². The van der Waals surface area contributed by atoms with E-state index in [4.69, 9.17) is 0 Å². The topological polar surface area (TPSA) is 40.5 Å². The molecule has 6 fully saturated rings. The molecule has 0 spiro atoms. The van der Waals surface area contributed by atoms with Gasteiger partial charge in [-0.3, -0.25) is 0 Å². The fourth-order valence-electron chi connectivity index (χ4n) is 13.8. The van der Waals surface area contributed by atoms with Crippen LogP contribution in [0.2, 0.25) is 0 Å². The Kier molecular flexibility index (Phi) is 12.8. The zero-order chi connectivity index (χ0) is 31.2. The van der Waals surface area contributed by atoms with Crippen molar-refractivity contribution in [2.45, 2.75) is 206 Å². The van der Waals surface area contributed by atoms with Gasteiger partial charge in [-0.25, -0.2) is 0 Å². The number of rotatable bonds is 10. The van der Waals surface area contributed by atoms with Gasteiger partial charge in [0.05, 0.1) is 12.2 Å². The van der Waals surface area contributed by atoms with E-state index in [0.29, 0.717) is 29.1 Å². The van der Waals surface area contributed by atoms with Crippen molar-refractivity contribution in [3.63, 3.8) is 0 Å². The van der Waals surface area contributed by atoms with E-state index in [9.17, 15) is 10.2 Å². The molecule has 0 saturated heterocycles. The molecule has 45 heavy (non-hydrogen) atoms. The molecule has 4 unspecified atom stereocenters. The number of aliphatic hydroxyl groups is 2. The van der Waals surface area contributed by atoms with Crippen LogP contribution in [0.3, 0.4) is 0 Å². The van der Waals surface area contributed by atoms with Crippen LogP contribution in [0.4, 0.5) is 0 Å². The lowest BCUT2D eigenvalue weighted by molar-refractivity contribution is -0.133. The first-order chi connectivity index (χ1) is 22.1. The molecule has 2 heteroatoms. The van der Waals surface area contributed by atoms with Crippen LogP contribution in [0.1, 0.15) is 194 Å². The van der Waals surface area contributed by atoms with E-state index in [1.807, 2.05) is 0 Å². The van der Waals surface area contributed by atoms with Gasteiger partial charge >= 0.3 is 0 Å². The summed E-state index contributed by atoms with van der Waals surface area (Å²) in [6.45, 7) is 5.03. The van der Waals surface area contributed by atoms with Crippen LogP contribution in [0.25, 0.3) is 0 Å². The molecule has 2 N–H and O–H groups in total. The van der Waals surface area contributed by atoms with Gasteiger partial charge in [-0.15, -0.1) is 0 Å². The largest absolute Gasteiger partial charge is 0.393 e. The Labute approximate surface area is 280 Å². The summed E-state index contributed by atoms with van der Waals surface area (Å²) in [6, 6.07) is 0. The SMILES string of the molecule is CCCCC(CC)(C1CC(C2CCCCC2)C(O)C(C2CCCCC2)C1)C1CC(C2CCCCC2)C(O)C(C2CCCCC2)C1. The second-order valence-electron chi connectivity index (χ2n) is 18.3. The van der Waals surface area contributed by atoms with Gasteiger partial charge in [0.25, 0.3) is 0 Å². The average Bonchev–Trinajstić information content (AvgIpc) is 3.11. The minimum Gasteiger partial charge on any atom is -0.393 e. The summed E-state index contributed by atoms with van der Waals surface area (Å²) in [6.07, 6.45) is 38.4. The molecule has 0 amide bonds. The Morgan fingerprint density at radius 2 is 0.733 bits per heavy atom. The second kappa shape index (κ2) is 16.5. The Morgan fingerprint density at radius 3 is 0.978 bits per heavy atom. The van der Waals surface area contributed by atoms with Gasteiger partial charge < -0.3 is 10.2 Å². The van der Waals surface area contributed by atoms with E-state index in [1.165, 1.54) is 180 Å². The standard InChI is InChI=1S/C43H76O2/c1-3-5-26-43(4-2,35-27-37(31-18-10-6-11-19-31)41(44)38(28-35)32-20-12-7-13-21-32)36-29-39(33-22-14-8-15-23-33)42(45)40(30-36)34-24-16-9-17-25-34/h31-42,44-45H,3-30H2,1-2H3. The molecule has 0 radical (unpaired) electrons. The van der Waals surface area contributed by atoms with Crippen LogP contribution in [-0.2, 0) is 0 Å². The lowest BCUT2D eigenvalue weighted by Crippen LogP contribution is -2.53. The molecule has 0 aromatic carbocycles. The van der Waals surface area contributed by atoms with E-state index in [-0.39, 0.29) is 12.2 Å². The fraction of sp³-hybridized carbons (Fsp3) is 1.00. The van der Waals surface area contributed by atoms with Crippen molar-refractivity contribution >= 4 is 0 Å². The molecule has 6 aliphatic rings. The lowest BCUT2D eigenvalue weighted by atomic mass is 9.48. The third kappa shape index (κ3) is 7.73. The molecule has 0 bridgehead atoms. The van der Waals surface area contributed by atoms with Crippen LogP contribution in [0, 0.1) is 64.6 Å². The molecular weight excluding hydrogens is 548 g/mol. The maximum absolute atomic E-state index is 12.3. The first kappa shape index (κ1) is 34.8. The summed E-state index contributed by atoms with van der Waals surface area (Å²) in [7, 11) is 0. The van der Waals surface area contributed by atoms with Crippen LogP contribution in [0.5, 0.6) is 0 Å². The molecule has 6 saturated carbocycles. The summed E-state index contributed by atoms with van der Waals surface area (Å²) >= 11 is 0. The summed E-state index contributed by atoms with van der Waals surface area (Å²) in [5.74, 6) is 6.78. The predicted molar refractivity (Wildman–Crippen MR) is 190 cm³/mol. The van der Waals surface area contributed by atoms with Crippen LogP contribution in [-0.4, -0.2) is 22.4 Å². The average molecular weight is 625 g/mol. The first-order valence-corrected chi connectivity index (χ1v) is 21.4. The highest BCUT2D eigenvalue weighted by molar-refractivity contribution is 5.04. The number of unbranched alkanes of at least 4 members (excludes halogenated alkanes) is 1. The molecular formula is C43H76O2. The van der Waals surface area contributed by atoms with E-state index in [2.05, 4.69) is 13.8 Å². The number of hydrogen-bond acceptors (Lipinski definition) is 2. The van der Waals surface area contributed by atoms with Gasteiger partial charge in [0.1, 0.15) is 0 Å². The molecule has 0 aliphatic heterocycles. The predicted octanol–water partition coefficient (Wildman–Crippen LogP) is 11.9. The molecule has 6 aliphatic carbocycles. The van der Waals surface area contributed by atoms with Crippen molar-refractivity contribution in [1.82, 2.24) is 0 Å². The zero-order valence-corrected chi connectivity index (χ0v) is 30.1. The number of hydrogen-bond donors (Lipinski definition) is 2. The monoisotopic (exact) mass is 625 g/mol. The highest BCUT2D eigenvalue weighted by atomic mass is 16.3. The summed E-state index contributed by atoms with van der Waals surface area (Å²) in [4.78, 5) is 0. The maximum Gasteiger partial charge on any atom is 0.0602 e. The van der Waals surface area contributed by atoms with E-state index in [1.54, 1.807) is 0 Å². The third-order valence-electron chi connectivity index (χ3n) is 16.3. The van der Waals surface area contributed by atoms with Crippen molar-refractivity contribution in [2.75, 3.05) is 0 Å². The molecule has 0 heterocycles. The fourth-order valence-corrected chi connectivity index (χ4v) is 13.8. The Morgan fingerprint density at radius 1 is 0.444 bits per heavy atom. The van der Waals surface area contributed by atoms with Gasteiger partial charge in [0.2, 0.25) is 0 Å². The van der Waals surface area contributed by atoms with Crippen molar-refractivity contribution in [3.05, 3.63) is 0 Å². The van der Waals surface area contributed by atoms with Gasteiger partial charge in [-0.2, -0.15) is 0 Å². The Balaban J connectivity index is 1.35. The minimum absolute atomic E-state index is 0.0497. The highest BCUT2D eigenvalue weighted by Gasteiger charge is 2.55. The zero-order valence-electron chi connectivity index (χ0n) is 30.1. The summed E-state index contributed by atoms with van der Waals surface area (Å²) < 4.78 is 0. The third-order valence-corrected chi connectivity index (χ3v) is 16.3. The molecule has 260 valence electrons. The summed E-state index contributed by atoms with van der Waals surface area (Å²) in [5, 5.41) is 24.6. The Hall–Kier alpha value is -0.0800. The molecule has 4 atom stereocenters. The molecule has 0 aromatic rings. The quantitative estimate of drug-likeness (QED) is 0.254. The van der Waals surface area contributed by atoms with Crippen molar-refractivity contribution in [3.8, 4) is 0 Å². The second-order valence-corrected chi connectivity index (χ2v) is 18.3. The summed E-state index contributed by atoms with van der Waals surface area (Å²) in [5.41, 5.74) is 0.399. The van der Waals surface area contributed by atoms with Gasteiger partial charge in [0, 0.05) is 0 Å². The van der Waals surface area contributed by atoms with Gasteiger partial charge in [0.15, 0.2) is 0 Å². The van der Waals surface area contributed by atoms with Gasteiger partial charge in [-0.05, 0) is 103 Å². The first-order valence-electron chi connectivity index (χ1n) is 21.4. The highest BCUT2D eigenvalue weighted by Crippen LogP contribution is 2.61. The van der Waals surface area contributed by atoms with Crippen LogP contribution >= 0.6 is 0 Å². The minimum atomic E-state index is -0.0497. The smallest absolute Gasteiger partial charge is 0.0602 e. The Bertz CT molecular complexity index is 726. The van der Waals surface area contributed by atoms with Crippen molar-refractivity contribution < 1.29 is 10.2 Å². The molecule has 0 aromatic heterocycles. The van der Waals surface area contributed by atoms with Crippen molar-refractivity contribution in [2.24, 2.45) is 64.6 Å². The van der Waals surface area contributed by atoms with Gasteiger partial charge in [-0.1, -0.05) is 155 Å². The number of aliphatic hydroxyl groups excluding tert-OH is 2.